The van der Waals surface area contributed by atoms with Crippen LogP contribution in [0.1, 0.15) is 32.6 Å². The largest absolute Gasteiger partial charge is 0.489 e. The van der Waals surface area contributed by atoms with Gasteiger partial charge in [0.1, 0.15) is 12.4 Å². The van der Waals surface area contributed by atoms with Crippen molar-refractivity contribution < 1.29 is 14.6 Å². The second-order valence-corrected chi connectivity index (χ2v) is 6.51. The molecule has 4 heteroatoms. The molecule has 0 aliphatic carbocycles. The highest BCUT2D eigenvalue weighted by molar-refractivity contribution is 5.88. The summed E-state index contributed by atoms with van der Waals surface area (Å²) in [6.45, 7) is 5.10. The van der Waals surface area contributed by atoms with Crippen molar-refractivity contribution in [2.45, 2.75) is 27.0 Å². The predicted octanol–water partition coefficient (Wildman–Crippen LogP) is 5.19. The van der Waals surface area contributed by atoms with E-state index in [1.54, 1.807) is 18.2 Å². The lowest BCUT2D eigenvalue weighted by molar-refractivity contribution is 0.0697. The van der Waals surface area contributed by atoms with E-state index in [0.29, 0.717) is 18.7 Å². The minimum atomic E-state index is -0.917. The van der Waals surface area contributed by atoms with Crippen LogP contribution in [0.5, 0.6) is 5.75 Å². The summed E-state index contributed by atoms with van der Waals surface area (Å²) in [6, 6.07) is 21.2. The van der Waals surface area contributed by atoms with Crippen LogP contribution in [0.3, 0.4) is 0 Å². The third kappa shape index (κ3) is 4.67. The highest BCUT2D eigenvalue weighted by atomic mass is 16.5. The number of anilines is 1. The topological polar surface area (TPSA) is 58.6 Å². The summed E-state index contributed by atoms with van der Waals surface area (Å²) >= 11 is 0. The summed E-state index contributed by atoms with van der Waals surface area (Å²) in [7, 11) is 0. The minimum Gasteiger partial charge on any atom is -0.489 e. The van der Waals surface area contributed by atoms with Crippen LogP contribution in [0.15, 0.2) is 66.7 Å². The number of ether oxygens (including phenoxy) is 1. The lowest BCUT2D eigenvalue weighted by Gasteiger charge is -2.15. The van der Waals surface area contributed by atoms with E-state index in [4.69, 9.17) is 9.84 Å². The molecule has 4 nitrogen and oxygen atoms in total. The SMILES string of the molecule is Cc1ccccc1COc1ccccc1CNc1ccc(C(=O)O)cc1C. The summed E-state index contributed by atoms with van der Waals surface area (Å²) in [6.07, 6.45) is 0. The Kier molecular flexibility index (Phi) is 5.77. The molecule has 2 N–H and O–H groups in total. The lowest BCUT2D eigenvalue weighted by Crippen LogP contribution is -2.06. The second-order valence-electron chi connectivity index (χ2n) is 6.51. The van der Waals surface area contributed by atoms with Crippen molar-refractivity contribution in [1.82, 2.24) is 0 Å². The first-order chi connectivity index (χ1) is 13.0. The van der Waals surface area contributed by atoms with E-state index in [0.717, 1.165) is 22.6 Å². The summed E-state index contributed by atoms with van der Waals surface area (Å²) < 4.78 is 6.06. The Morgan fingerprint density at radius 3 is 2.33 bits per heavy atom. The number of para-hydroxylation sites is 1. The quantitative estimate of drug-likeness (QED) is 0.608. The first-order valence-corrected chi connectivity index (χ1v) is 8.87. The Morgan fingerprint density at radius 1 is 0.926 bits per heavy atom. The fourth-order valence-electron chi connectivity index (χ4n) is 2.90. The van der Waals surface area contributed by atoms with E-state index >= 15 is 0 Å². The Bertz CT molecular complexity index is 950. The minimum absolute atomic E-state index is 0.292. The summed E-state index contributed by atoms with van der Waals surface area (Å²) in [5.41, 5.74) is 5.53. The van der Waals surface area contributed by atoms with Crippen LogP contribution in [0.25, 0.3) is 0 Å². The molecule has 3 aromatic rings. The number of carbonyl (C=O) groups is 1. The summed E-state index contributed by atoms with van der Waals surface area (Å²) in [5, 5.41) is 12.5. The van der Waals surface area contributed by atoms with E-state index < -0.39 is 5.97 Å². The van der Waals surface area contributed by atoms with Gasteiger partial charge < -0.3 is 15.2 Å². The Morgan fingerprint density at radius 2 is 1.63 bits per heavy atom. The Balaban J connectivity index is 1.69. The molecule has 0 atom stereocenters. The molecular formula is C23H23NO3. The third-order valence-corrected chi connectivity index (χ3v) is 4.56. The number of aryl methyl sites for hydroxylation is 2. The molecule has 0 fully saturated rings. The van der Waals surface area contributed by atoms with Crippen molar-refractivity contribution in [2.24, 2.45) is 0 Å². The fourth-order valence-corrected chi connectivity index (χ4v) is 2.90. The molecule has 0 bridgehead atoms. The van der Waals surface area contributed by atoms with E-state index in [2.05, 4.69) is 24.4 Å². The molecule has 0 unspecified atom stereocenters. The van der Waals surface area contributed by atoms with Gasteiger partial charge in [0, 0.05) is 17.8 Å². The maximum Gasteiger partial charge on any atom is 0.335 e. The molecule has 27 heavy (non-hydrogen) atoms. The number of rotatable bonds is 7. The van der Waals surface area contributed by atoms with Crippen LogP contribution in [0, 0.1) is 13.8 Å². The standard InChI is InChI=1S/C23H23NO3/c1-16-7-3-4-9-20(16)15-27-22-10-6-5-8-19(22)14-24-21-12-11-18(23(25)26)13-17(21)2/h3-13,24H,14-15H2,1-2H3,(H,25,26). The van der Waals surface area contributed by atoms with E-state index in [1.807, 2.05) is 43.3 Å². The van der Waals surface area contributed by atoms with Gasteiger partial charge in [-0.3, -0.25) is 0 Å². The van der Waals surface area contributed by atoms with Gasteiger partial charge in [-0.25, -0.2) is 4.79 Å². The summed E-state index contributed by atoms with van der Waals surface area (Å²) in [4.78, 5) is 11.1. The van der Waals surface area contributed by atoms with E-state index in [-0.39, 0.29) is 0 Å². The fraction of sp³-hybridized carbons (Fsp3) is 0.174. The number of hydrogen-bond acceptors (Lipinski definition) is 3. The monoisotopic (exact) mass is 361 g/mol. The maximum absolute atomic E-state index is 11.1. The van der Waals surface area contributed by atoms with Crippen molar-refractivity contribution >= 4 is 11.7 Å². The Hall–Kier alpha value is -3.27. The lowest BCUT2D eigenvalue weighted by atomic mass is 10.1. The van der Waals surface area contributed by atoms with Gasteiger partial charge in [-0.1, -0.05) is 42.5 Å². The highest BCUT2D eigenvalue weighted by Gasteiger charge is 2.08. The van der Waals surface area contributed by atoms with Gasteiger partial charge in [-0.05, 0) is 54.8 Å². The van der Waals surface area contributed by atoms with Crippen molar-refractivity contribution in [2.75, 3.05) is 5.32 Å². The molecule has 0 saturated carbocycles. The number of aromatic carboxylic acids is 1. The average molecular weight is 361 g/mol. The molecule has 3 rings (SSSR count). The third-order valence-electron chi connectivity index (χ3n) is 4.56. The van der Waals surface area contributed by atoms with Crippen molar-refractivity contribution in [3.63, 3.8) is 0 Å². The van der Waals surface area contributed by atoms with Crippen LogP contribution in [0.2, 0.25) is 0 Å². The molecule has 138 valence electrons. The normalized spacial score (nSPS) is 10.4. The first kappa shape index (κ1) is 18.5. The van der Waals surface area contributed by atoms with Crippen molar-refractivity contribution in [3.8, 4) is 5.75 Å². The molecule has 0 aromatic heterocycles. The zero-order valence-electron chi connectivity index (χ0n) is 15.5. The average Bonchev–Trinajstić information content (AvgIpc) is 2.67. The van der Waals surface area contributed by atoms with Gasteiger partial charge in [-0.2, -0.15) is 0 Å². The number of nitrogens with one attached hydrogen (secondary N) is 1. The molecule has 0 saturated heterocycles. The van der Waals surface area contributed by atoms with Crippen LogP contribution in [0.4, 0.5) is 5.69 Å². The number of carboxylic acids is 1. The van der Waals surface area contributed by atoms with Gasteiger partial charge in [-0.15, -0.1) is 0 Å². The van der Waals surface area contributed by atoms with Crippen LogP contribution in [-0.2, 0) is 13.2 Å². The molecule has 0 radical (unpaired) electrons. The van der Waals surface area contributed by atoms with Crippen molar-refractivity contribution in [1.29, 1.82) is 0 Å². The van der Waals surface area contributed by atoms with Gasteiger partial charge in [0.25, 0.3) is 0 Å². The zero-order chi connectivity index (χ0) is 19.2. The van der Waals surface area contributed by atoms with Gasteiger partial charge in [0.05, 0.1) is 5.56 Å². The zero-order valence-corrected chi connectivity index (χ0v) is 15.5. The molecular weight excluding hydrogens is 338 g/mol. The van der Waals surface area contributed by atoms with E-state index in [1.165, 1.54) is 11.1 Å². The molecule has 0 aliphatic rings. The second kappa shape index (κ2) is 8.41. The highest BCUT2D eigenvalue weighted by Crippen LogP contribution is 2.23. The maximum atomic E-state index is 11.1. The number of hydrogen-bond donors (Lipinski definition) is 2. The smallest absolute Gasteiger partial charge is 0.335 e. The predicted molar refractivity (Wildman–Crippen MR) is 107 cm³/mol. The van der Waals surface area contributed by atoms with Gasteiger partial charge >= 0.3 is 5.97 Å². The van der Waals surface area contributed by atoms with Crippen molar-refractivity contribution in [3.05, 3.63) is 94.5 Å². The van der Waals surface area contributed by atoms with Crippen LogP contribution in [-0.4, -0.2) is 11.1 Å². The van der Waals surface area contributed by atoms with Gasteiger partial charge in [0.2, 0.25) is 0 Å². The molecule has 0 aliphatic heterocycles. The Labute approximate surface area is 159 Å². The van der Waals surface area contributed by atoms with Crippen LogP contribution < -0.4 is 10.1 Å². The first-order valence-electron chi connectivity index (χ1n) is 8.87. The van der Waals surface area contributed by atoms with Crippen LogP contribution >= 0.6 is 0 Å². The summed E-state index contributed by atoms with van der Waals surface area (Å²) in [5.74, 6) is -0.0762. The number of carboxylic acid groups (broad SMARTS) is 1. The van der Waals surface area contributed by atoms with Gasteiger partial charge in [0.15, 0.2) is 0 Å². The molecule has 0 heterocycles. The van der Waals surface area contributed by atoms with E-state index in [9.17, 15) is 4.79 Å². The molecule has 0 spiro atoms. The molecule has 3 aromatic carbocycles. The number of benzene rings is 3. The molecule has 0 amide bonds.